The van der Waals surface area contributed by atoms with Gasteiger partial charge >= 0.3 is 5.69 Å². The van der Waals surface area contributed by atoms with Gasteiger partial charge in [0.1, 0.15) is 0 Å². The zero-order chi connectivity index (χ0) is 15.9. The van der Waals surface area contributed by atoms with E-state index in [1.54, 1.807) is 10.8 Å². The van der Waals surface area contributed by atoms with Gasteiger partial charge in [-0.05, 0) is 37.5 Å². The van der Waals surface area contributed by atoms with Crippen LogP contribution in [0.25, 0.3) is 0 Å². The van der Waals surface area contributed by atoms with E-state index in [0.29, 0.717) is 18.6 Å². The van der Waals surface area contributed by atoms with Crippen molar-refractivity contribution in [1.82, 2.24) is 9.55 Å². The van der Waals surface area contributed by atoms with Crippen LogP contribution < -0.4 is 11.2 Å². The van der Waals surface area contributed by atoms with Gasteiger partial charge in [0, 0.05) is 25.4 Å². The number of nitrogens with one attached hydrogen (secondary N) is 1. The van der Waals surface area contributed by atoms with E-state index in [-0.39, 0.29) is 11.2 Å². The van der Waals surface area contributed by atoms with Crippen LogP contribution in [0.4, 0.5) is 0 Å². The van der Waals surface area contributed by atoms with Crippen molar-refractivity contribution in [3.8, 4) is 0 Å². The van der Waals surface area contributed by atoms with Gasteiger partial charge in [0.05, 0.1) is 6.10 Å². The number of ether oxygens (including phenoxy) is 1. The maximum absolute atomic E-state index is 11.5. The summed E-state index contributed by atoms with van der Waals surface area (Å²) in [6, 6.07) is 1.39. The largest absolute Gasteiger partial charge is 0.378 e. The zero-order valence-electron chi connectivity index (χ0n) is 13.7. The van der Waals surface area contributed by atoms with Crippen LogP contribution in [0.2, 0.25) is 0 Å². The Bertz CT molecular complexity index is 564. The van der Waals surface area contributed by atoms with Crippen molar-refractivity contribution in [2.75, 3.05) is 6.61 Å². The summed E-state index contributed by atoms with van der Waals surface area (Å²) < 4.78 is 7.54. The summed E-state index contributed by atoms with van der Waals surface area (Å²) in [6.45, 7) is 6.10. The summed E-state index contributed by atoms with van der Waals surface area (Å²) in [5, 5.41) is 0. The van der Waals surface area contributed by atoms with Gasteiger partial charge in [-0.15, -0.1) is 0 Å². The van der Waals surface area contributed by atoms with Gasteiger partial charge in [0.2, 0.25) is 0 Å². The Balaban J connectivity index is 1.54. The molecule has 1 heterocycles. The summed E-state index contributed by atoms with van der Waals surface area (Å²) >= 11 is 0. The molecule has 124 valence electrons. The lowest BCUT2D eigenvalue weighted by Crippen LogP contribution is -2.28. The number of aryl methyl sites for hydroxylation is 1. The minimum Gasteiger partial charge on any atom is -0.378 e. The van der Waals surface area contributed by atoms with Gasteiger partial charge in [-0.1, -0.05) is 26.7 Å². The lowest BCUT2D eigenvalue weighted by Gasteiger charge is -2.16. The average molecular weight is 308 g/mol. The Morgan fingerprint density at radius 2 is 1.95 bits per heavy atom. The molecule has 1 aromatic rings. The van der Waals surface area contributed by atoms with Gasteiger partial charge in [-0.3, -0.25) is 9.78 Å². The van der Waals surface area contributed by atoms with Crippen LogP contribution in [0.15, 0.2) is 21.9 Å². The Kier molecular flexibility index (Phi) is 6.43. The topological polar surface area (TPSA) is 64.1 Å². The van der Waals surface area contributed by atoms with E-state index in [1.165, 1.54) is 18.9 Å². The van der Waals surface area contributed by atoms with Crippen LogP contribution in [0.1, 0.15) is 52.4 Å². The van der Waals surface area contributed by atoms with Crippen molar-refractivity contribution in [3.63, 3.8) is 0 Å². The minimum atomic E-state index is -0.339. The monoisotopic (exact) mass is 308 g/mol. The van der Waals surface area contributed by atoms with E-state index in [1.807, 2.05) is 0 Å². The fraction of sp³-hybridized carbons (Fsp3) is 0.765. The van der Waals surface area contributed by atoms with E-state index >= 15 is 0 Å². The number of nitrogens with zero attached hydrogens (tertiary/aromatic N) is 1. The van der Waals surface area contributed by atoms with Crippen LogP contribution in [0, 0.1) is 11.8 Å². The molecule has 0 bridgehead atoms. The molecule has 22 heavy (non-hydrogen) atoms. The maximum Gasteiger partial charge on any atom is 0.328 e. The predicted octanol–water partition coefficient (Wildman–Crippen LogP) is 2.55. The highest BCUT2D eigenvalue weighted by Gasteiger charge is 2.28. The van der Waals surface area contributed by atoms with E-state index in [9.17, 15) is 9.59 Å². The summed E-state index contributed by atoms with van der Waals surface area (Å²) in [5.74, 6) is 1.50. The summed E-state index contributed by atoms with van der Waals surface area (Å²) in [7, 11) is 0. The molecule has 1 aliphatic carbocycles. The highest BCUT2D eigenvalue weighted by molar-refractivity contribution is 4.82. The highest BCUT2D eigenvalue weighted by Crippen LogP contribution is 2.32. The summed E-state index contributed by atoms with van der Waals surface area (Å²) in [6.07, 6.45) is 8.73. The molecule has 0 radical (unpaired) electrons. The third kappa shape index (κ3) is 5.13. The van der Waals surface area contributed by atoms with Crippen LogP contribution in [-0.4, -0.2) is 22.3 Å². The normalized spacial score (nSPS) is 24.7. The zero-order valence-corrected chi connectivity index (χ0v) is 13.7. The maximum atomic E-state index is 11.5. The van der Waals surface area contributed by atoms with Crippen LogP contribution >= 0.6 is 0 Å². The van der Waals surface area contributed by atoms with E-state index < -0.39 is 0 Å². The standard InChI is InChI=1S/C17H28N2O3/c1-13-11-14(2)15(12-13)22-10-6-4-3-5-8-19-9-7-16(20)18-17(19)21/h7,9,13-15H,3-6,8,10-12H2,1-2H3,(H,18,20,21). The molecular formula is C17H28N2O3. The molecule has 2 rings (SSSR count). The fourth-order valence-electron chi connectivity index (χ4n) is 3.34. The number of hydrogen-bond donors (Lipinski definition) is 1. The number of rotatable bonds is 8. The fourth-order valence-corrected chi connectivity index (χ4v) is 3.34. The number of H-pyrrole nitrogens is 1. The first kappa shape index (κ1) is 17.0. The van der Waals surface area contributed by atoms with Gasteiger partial charge in [0.25, 0.3) is 5.56 Å². The first-order valence-corrected chi connectivity index (χ1v) is 8.47. The van der Waals surface area contributed by atoms with Gasteiger partial charge < -0.3 is 9.30 Å². The van der Waals surface area contributed by atoms with E-state index in [0.717, 1.165) is 38.2 Å². The molecule has 5 nitrogen and oxygen atoms in total. The lowest BCUT2D eigenvalue weighted by atomic mass is 10.1. The number of aromatic amines is 1. The first-order valence-electron chi connectivity index (χ1n) is 8.47. The van der Waals surface area contributed by atoms with Gasteiger partial charge in [0.15, 0.2) is 0 Å². The third-order valence-electron chi connectivity index (χ3n) is 4.57. The second kappa shape index (κ2) is 8.32. The molecule has 1 aromatic heterocycles. The Morgan fingerprint density at radius 1 is 1.18 bits per heavy atom. The SMILES string of the molecule is CC1CC(C)C(OCCCCCCn2ccc(=O)[nH]c2=O)C1. The van der Waals surface area contributed by atoms with E-state index in [2.05, 4.69) is 18.8 Å². The molecule has 0 aromatic carbocycles. The average Bonchev–Trinajstić information content (AvgIpc) is 2.78. The molecule has 3 atom stereocenters. The smallest absolute Gasteiger partial charge is 0.328 e. The molecule has 3 unspecified atom stereocenters. The molecule has 0 spiro atoms. The van der Waals surface area contributed by atoms with Crippen molar-refractivity contribution in [2.45, 2.75) is 65.0 Å². The summed E-state index contributed by atoms with van der Waals surface area (Å²) in [4.78, 5) is 24.7. The third-order valence-corrected chi connectivity index (χ3v) is 4.57. The summed E-state index contributed by atoms with van der Waals surface area (Å²) in [5.41, 5.74) is -0.658. The molecule has 1 fully saturated rings. The van der Waals surface area contributed by atoms with E-state index in [4.69, 9.17) is 4.74 Å². The molecule has 0 saturated heterocycles. The molecule has 1 saturated carbocycles. The lowest BCUT2D eigenvalue weighted by molar-refractivity contribution is 0.0291. The quantitative estimate of drug-likeness (QED) is 0.751. The molecule has 1 N–H and O–H groups in total. The van der Waals surface area contributed by atoms with Gasteiger partial charge in [-0.2, -0.15) is 0 Å². The second-order valence-electron chi connectivity index (χ2n) is 6.68. The Labute approximate surface area is 131 Å². The number of unbranched alkanes of at least 4 members (excludes halogenated alkanes) is 3. The van der Waals surface area contributed by atoms with Crippen molar-refractivity contribution in [2.24, 2.45) is 11.8 Å². The van der Waals surface area contributed by atoms with Gasteiger partial charge in [-0.25, -0.2) is 4.79 Å². The predicted molar refractivity (Wildman–Crippen MR) is 87.1 cm³/mol. The molecule has 5 heteroatoms. The molecule has 0 amide bonds. The molecule has 1 aliphatic rings. The van der Waals surface area contributed by atoms with Crippen molar-refractivity contribution < 1.29 is 4.74 Å². The first-order chi connectivity index (χ1) is 10.6. The van der Waals surface area contributed by atoms with Crippen molar-refractivity contribution >= 4 is 0 Å². The molecular weight excluding hydrogens is 280 g/mol. The second-order valence-corrected chi connectivity index (χ2v) is 6.68. The Morgan fingerprint density at radius 3 is 2.64 bits per heavy atom. The van der Waals surface area contributed by atoms with Crippen LogP contribution in [-0.2, 0) is 11.3 Å². The highest BCUT2D eigenvalue weighted by atomic mass is 16.5. The number of hydrogen-bond acceptors (Lipinski definition) is 3. The minimum absolute atomic E-state index is 0.319. The van der Waals surface area contributed by atoms with Crippen molar-refractivity contribution in [1.29, 1.82) is 0 Å². The van der Waals surface area contributed by atoms with Crippen molar-refractivity contribution in [3.05, 3.63) is 33.1 Å². The number of aromatic nitrogens is 2. The Hall–Kier alpha value is -1.36. The molecule has 0 aliphatic heterocycles. The van der Waals surface area contributed by atoms with Crippen LogP contribution in [0.3, 0.4) is 0 Å². The van der Waals surface area contributed by atoms with Crippen LogP contribution in [0.5, 0.6) is 0 Å².